The minimum atomic E-state index is -0.889. The Kier molecular flexibility index (Phi) is 8.58. The molecule has 41 heavy (non-hydrogen) atoms. The maximum atomic E-state index is 14.6. The van der Waals surface area contributed by atoms with Crippen molar-refractivity contribution in [1.29, 1.82) is 0 Å². The first-order valence-corrected chi connectivity index (χ1v) is 13.8. The third kappa shape index (κ3) is 6.07. The Morgan fingerprint density at radius 2 is 1.56 bits per heavy atom. The Balaban J connectivity index is 1.45. The van der Waals surface area contributed by atoms with Crippen molar-refractivity contribution < 1.29 is 23.2 Å². The lowest BCUT2D eigenvalue weighted by atomic mass is 10.00. The molecular formula is C31H33F2N5O3. The number of fused-ring (bicyclic) bond motifs is 1. The molecule has 214 valence electrons. The van der Waals surface area contributed by atoms with Crippen molar-refractivity contribution in [2.24, 2.45) is 0 Å². The molecule has 2 heterocycles. The second kappa shape index (κ2) is 12.5. The number of urea groups is 1. The number of hydrazine groups is 1. The van der Waals surface area contributed by atoms with E-state index in [9.17, 15) is 23.2 Å². The number of hydrogen-bond donors (Lipinski definition) is 1. The highest BCUT2D eigenvalue weighted by molar-refractivity contribution is 5.91. The van der Waals surface area contributed by atoms with E-state index in [-0.39, 0.29) is 43.6 Å². The Morgan fingerprint density at radius 1 is 0.927 bits per heavy atom. The van der Waals surface area contributed by atoms with Crippen LogP contribution in [-0.2, 0) is 29.1 Å². The van der Waals surface area contributed by atoms with Crippen LogP contribution in [0, 0.1) is 11.6 Å². The van der Waals surface area contributed by atoms with Gasteiger partial charge in [-0.25, -0.2) is 13.6 Å². The fraction of sp³-hybridized carbons (Fsp3) is 0.323. The number of benzene rings is 3. The zero-order chi connectivity index (χ0) is 28.9. The first-order chi connectivity index (χ1) is 19.9. The molecule has 2 saturated heterocycles. The van der Waals surface area contributed by atoms with E-state index in [1.165, 1.54) is 20.9 Å². The highest BCUT2D eigenvalue weighted by Gasteiger charge is 2.52. The molecule has 1 N–H and O–H groups in total. The van der Waals surface area contributed by atoms with E-state index in [0.29, 0.717) is 19.5 Å². The van der Waals surface area contributed by atoms with E-state index in [2.05, 4.69) is 5.32 Å². The number of rotatable bonds is 9. The first-order valence-electron chi connectivity index (χ1n) is 13.8. The maximum absolute atomic E-state index is 14.6. The van der Waals surface area contributed by atoms with E-state index in [1.54, 1.807) is 5.01 Å². The van der Waals surface area contributed by atoms with E-state index < -0.39 is 29.7 Å². The standard InChI is InChI=1S/C31H33F2N5O3/c1-2-16-36(31(41)34-18-23-12-7-4-8-13-23)37-21-29(39)38-27(17-22-10-5-3-6-11-22)30(40)35(20-28(37)38)19-24-25(32)14-9-15-26(24)33/h3-15,27-28H,2,16-21H2,1H3,(H,34,41)/t27-,28+/m0/s1. The smallest absolute Gasteiger partial charge is 0.332 e. The Bertz CT molecular complexity index is 1370. The summed E-state index contributed by atoms with van der Waals surface area (Å²) in [6.07, 6.45) is 0.185. The summed E-state index contributed by atoms with van der Waals surface area (Å²) in [6, 6.07) is 21.1. The Morgan fingerprint density at radius 3 is 2.20 bits per heavy atom. The Hall–Kier alpha value is -4.31. The van der Waals surface area contributed by atoms with Gasteiger partial charge in [0.15, 0.2) is 0 Å². The maximum Gasteiger partial charge on any atom is 0.332 e. The number of carbonyl (C=O) groups is 3. The van der Waals surface area contributed by atoms with Crippen molar-refractivity contribution in [2.45, 2.75) is 45.1 Å². The molecule has 0 spiro atoms. The fourth-order valence-corrected chi connectivity index (χ4v) is 5.53. The summed E-state index contributed by atoms with van der Waals surface area (Å²) in [6.45, 7) is 2.20. The highest BCUT2D eigenvalue weighted by Crippen LogP contribution is 2.31. The van der Waals surface area contributed by atoms with Gasteiger partial charge in [0, 0.05) is 25.1 Å². The summed E-state index contributed by atoms with van der Waals surface area (Å²) in [7, 11) is 0. The van der Waals surface area contributed by atoms with E-state index in [0.717, 1.165) is 23.3 Å². The largest absolute Gasteiger partial charge is 0.333 e. The summed E-state index contributed by atoms with van der Waals surface area (Å²) in [5.41, 5.74) is 1.57. The number of nitrogens with zero attached hydrogens (tertiary/aromatic N) is 4. The fourth-order valence-electron chi connectivity index (χ4n) is 5.53. The van der Waals surface area contributed by atoms with Gasteiger partial charge in [-0.1, -0.05) is 73.7 Å². The molecular weight excluding hydrogens is 528 g/mol. The molecule has 8 nitrogen and oxygen atoms in total. The second-order valence-electron chi connectivity index (χ2n) is 10.3. The summed E-state index contributed by atoms with van der Waals surface area (Å²) in [5, 5.41) is 6.13. The van der Waals surface area contributed by atoms with E-state index >= 15 is 0 Å². The van der Waals surface area contributed by atoms with Crippen LogP contribution in [0.4, 0.5) is 13.6 Å². The van der Waals surface area contributed by atoms with E-state index in [4.69, 9.17) is 0 Å². The number of nitrogens with one attached hydrogen (secondary N) is 1. The van der Waals surface area contributed by atoms with Crippen LogP contribution in [0.15, 0.2) is 78.9 Å². The molecule has 3 aromatic carbocycles. The van der Waals surface area contributed by atoms with Gasteiger partial charge >= 0.3 is 6.03 Å². The number of carbonyl (C=O) groups excluding carboxylic acids is 3. The van der Waals surface area contributed by atoms with Gasteiger partial charge in [0.05, 0.1) is 19.6 Å². The predicted octanol–water partition coefficient (Wildman–Crippen LogP) is 3.93. The normalized spacial score (nSPS) is 18.9. The van der Waals surface area contributed by atoms with Gasteiger partial charge in [0.25, 0.3) is 0 Å². The van der Waals surface area contributed by atoms with Crippen LogP contribution >= 0.6 is 0 Å². The third-order valence-electron chi connectivity index (χ3n) is 7.52. The molecule has 10 heteroatoms. The monoisotopic (exact) mass is 561 g/mol. The molecule has 2 atom stereocenters. The summed E-state index contributed by atoms with van der Waals surface area (Å²) >= 11 is 0. The van der Waals surface area contributed by atoms with Crippen molar-refractivity contribution in [2.75, 3.05) is 19.6 Å². The number of halogens is 2. The highest BCUT2D eigenvalue weighted by atomic mass is 19.1. The van der Waals surface area contributed by atoms with Gasteiger partial charge in [0.1, 0.15) is 23.8 Å². The molecule has 5 rings (SSSR count). The molecule has 2 fully saturated rings. The molecule has 2 aliphatic heterocycles. The van der Waals surface area contributed by atoms with Crippen molar-refractivity contribution in [3.63, 3.8) is 0 Å². The predicted molar refractivity (Wildman–Crippen MR) is 149 cm³/mol. The van der Waals surface area contributed by atoms with Gasteiger partial charge in [-0.2, -0.15) is 5.01 Å². The minimum Gasteiger partial charge on any atom is -0.333 e. The summed E-state index contributed by atoms with van der Waals surface area (Å²) in [4.78, 5) is 43.7. The first kappa shape index (κ1) is 28.2. The van der Waals surface area contributed by atoms with Gasteiger partial charge < -0.3 is 15.1 Å². The average Bonchev–Trinajstić information content (AvgIpc) is 3.30. The van der Waals surface area contributed by atoms with Crippen LogP contribution in [0.5, 0.6) is 0 Å². The topological polar surface area (TPSA) is 76.2 Å². The minimum absolute atomic E-state index is 0.00415. The lowest BCUT2D eigenvalue weighted by Gasteiger charge is -2.46. The SMILES string of the molecule is CCCN(C(=O)NCc1ccccc1)N1CC(=O)N2[C@@H](Cc3ccccc3)C(=O)N(Cc3c(F)cccc3F)C[C@@H]21. The number of piperazine rings is 1. The number of amides is 4. The van der Waals surface area contributed by atoms with Crippen molar-refractivity contribution >= 4 is 17.8 Å². The lowest BCUT2D eigenvalue weighted by Crippen LogP contribution is -2.66. The molecule has 2 aliphatic rings. The van der Waals surface area contributed by atoms with Crippen molar-refractivity contribution in [3.8, 4) is 0 Å². The van der Waals surface area contributed by atoms with Crippen LogP contribution in [0.25, 0.3) is 0 Å². The van der Waals surface area contributed by atoms with Crippen molar-refractivity contribution in [1.82, 2.24) is 25.1 Å². The quantitative estimate of drug-likeness (QED) is 0.430. The van der Waals surface area contributed by atoms with Crippen LogP contribution in [0.3, 0.4) is 0 Å². The van der Waals surface area contributed by atoms with Gasteiger partial charge in [-0.15, -0.1) is 0 Å². The van der Waals surface area contributed by atoms with Gasteiger partial charge in [0.2, 0.25) is 11.8 Å². The summed E-state index contributed by atoms with van der Waals surface area (Å²) < 4.78 is 29.3. The second-order valence-corrected chi connectivity index (χ2v) is 10.3. The van der Waals surface area contributed by atoms with Gasteiger partial charge in [-0.05, 0) is 29.7 Å². The third-order valence-corrected chi connectivity index (χ3v) is 7.52. The van der Waals surface area contributed by atoms with E-state index in [1.807, 2.05) is 67.6 Å². The lowest BCUT2D eigenvalue weighted by molar-refractivity contribution is -0.157. The van der Waals surface area contributed by atoms with Crippen LogP contribution < -0.4 is 5.32 Å². The molecule has 0 saturated carbocycles. The summed E-state index contributed by atoms with van der Waals surface area (Å²) in [5.74, 6) is -2.16. The van der Waals surface area contributed by atoms with Crippen LogP contribution in [0.1, 0.15) is 30.0 Å². The average molecular weight is 562 g/mol. The van der Waals surface area contributed by atoms with Crippen LogP contribution in [0.2, 0.25) is 0 Å². The van der Waals surface area contributed by atoms with Crippen molar-refractivity contribution in [3.05, 3.63) is 107 Å². The molecule has 4 amide bonds. The Labute approximate surface area is 238 Å². The zero-order valence-electron chi connectivity index (χ0n) is 22.9. The molecule has 0 aliphatic carbocycles. The number of hydrogen-bond acceptors (Lipinski definition) is 4. The molecule has 0 bridgehead atoms. The molecule has 3 aromatic rings. The zero-order valence-corrected chi connectivity index (χ0v) is 22.9. The molecule has 0 radical (unpaired) electrons. The molecule has 0 aromatic heterocycles. The molecule has 0 unspecified atom stereocenters. The van der Waals surface area contributed by atoms with Crippen LogP contribution in [-0.4, -0.2) is 69.5 Å². The van der Waals surface area contributed by atoms with Gasteiger partial charge in [-0.3, -0.25) is 14.6 Å².